The molecule has 54 heavy (non-hydrogen) atoms. The summed E-state index contributed by atoms with van der Waals surface area (Å²) in [7, 11) is -2.25. The monoisotopic (exact) mass is 768 g/mol. The normalized spacial score (nSPS) is 29.6. The predicted molar refractivity (Wildman–Crippen MR) is 195 cm³/mol. The summed E-state index contributed by atoms with van der Waals surface area (Å²) in [5.41, 5.74) is 4.70. The summed E-state index contributed by atoms with van der Waals surface area (Å²) in [6.45, 7) is 4.15. The highest BCUT2D eigenvalue weighted by Crippen LogP contribution is 2.59. The van der Waals surface area contributed by atoms with Crippen LogP contribution in [0.2, 0.25) is 0 Å². The molecule has 4 atom stereocenters. The van der Waals surface area contributed by atoms with Crippen LogP contribution in [0, 0.1) is 16.7 Å². The molecule has 1 aromatic heterocycles. The van der Waals surface area contributed by atoms with Crippen molar-refractivity contribution in [2.45, 2.75) is 82.2 Å². The third kappa shape index (κ3) is 5.51. The number of benzene rings is 1. The van der Waals surface area contributed by atoms with E-state index in [1.165, 1.54) is 30.7 Å². The molecule has 1 saturated carbocycles. The molecule has 4 aliphatic heterocycles. The Morgan fingerprint density at radius 2 is 1.76 bits per heavy atom. The van der Waals surface area contributed by atoms with Gasteiger partial charge in [-0.05, 0) is 73.4 Å². The lowest BCUT2D eigenvalue weighted by Gasteiger charge is -2.35. The van der Waals surface area contributed by atoms with E-state index in [9.17, 15) is 26.4 Å². The molecule has 2 amide bonds. The fourth-order valence-electron chi connectivity index (χ4n) is 11.0. The molecule has 1 aromatic carbocycles. The number of rotatable bonds is 7. The number of nitrogens with zero attached hydrogens (tertiary/aromatic N) is 3. The van der Waals surface area contributed by atoms with E-state index in [-0.39, 0.29) is 19.0 Å². The Labute approximate surface area is 313 Å². The van der Waals surface area contributed by atoms with Gasteiger partial charge in [-0.15, -0.1) is 0 Å². The first kappa shape index (κ1) is 36.0. The van der Waals surface area contributed by atoms with Gasteiger partial charge in [0.1, 0.15) is 5.75 Å². The Hall–Kier alpha value is -3.62. The number of amides is 2. The number of hydrogen-bond donors (Lipinski definition) is 1. The zero-order chi connectivity index (χ0) is 37.9. The molecule has 0 radical (unpaired) electrons. The maximum absolute atomic E-state index is 15.0. The van der Waals surface area contributed by atoms with Crippen molar-refractivity contribution in [3.05, 3.63) is 63.9 Å². The number of likely N-dealkylation sites (tertiary alicyclic amines) is 2. The summed E-state index contributed by atoms with van der Waals surface area (Å²) in [4.78, 5) is 32.1. The molecule has 3 aliphatic carbocycles. The molecule has 7 aliphatic rings. The molecule has 2 aromatic rings. The first-order valence-electron chi connectivity index (χ1n) is 19.2. The fraction of sp³-hybridized carbons (Fsp3) is 0.600. The van der Waals surface area contributed by atoms with Gasteiger partial charge in [0.15, 0.2) is 0 Å². The van der Waals surface area contributed by atoms with Crippen LogP contribution in [0.3, 0.4) is 0 Å². The van der Waals surface area contributed by atoms with Crippen LogP contribution in [0.1, 0.15) is 75.5 Å². The van der Waals surface area contributed by atoms with Gasteiger partial charge in [-0.1, -0.05) is 37.5 Å². The van der Waals surface area contributed by atoms with Crippen LogP contribution in [0.25, 0.3) is 10.9 Å². The van der Waals surface area contributed by atoms with Crippen molar-refractivity contribution in [3.63, 3.8) is 0 Å². The molecular formula is C40H47F3N4O6S. The molecule has 0 spiro atoms. The number of methoxy groups -OCH3 is 1. The Morgan fingerprint density at radius 3 is 2.41 bits per heavy atom. The minimum absolute atomic E-state index is 0.0615. The summed E-state index contributed by atoms with van der Waals surface area (Å²) in [5.74, 6) is -0.655. The van der Waals surface area contributed by atoms with E-state index in [1.54, 1.807) is 7.11 Å². The number of carbonyl (C=O) groups is 2. The van der Waals surface area contributed by atoms with Crippen molar-refractivity contribution in [1.29, 1.82) is 0 Å². The van der Waals surface area contributed by atoms with Crippen LogP contribution in [0.5, 0.6) is 5.75 Å². The maximum Gasteiger partial charge on any atom is 0.401 e. The molecule has 1 N–H and O–H groups in total. The molecule has 10 nitrogen and oxygen atoms in total. The van der Waals surface area contributed by atoms with Gasteiger partial charge in [-0.3, -0.25) is 14.5 Å². The van der Waals surface area contributed by atoms with Crippen LogP contribution < -0.4 is 9.46 Å². The number of fused-ring (bicyclic) bond motifs is 6. The van der Waals surface area contributed by atoms with E-state index in [0.717, 1.165) is 59.2 Å². The second-order valence-corrected chi connectivity index (χ2v) is 19.3. The average Bonchev–Trinajstić information content (AvgIpc) is 3.25. The van der Waals surface area contributed by atoms with Gasteiger partial charge < -0.3 is 18.9 Å². The van der Waals surface area contributed by atoms with Crippen molar-refractivity contribution in [2.24, 2.45) is 16.7 Å². The summed E-state index contributed by atoms with van der Waals surface area (Å²) in [6.07, 6.45) is 5.70. The second-order valence-electron chi connectivity index (χ2n) is 17.0. The summed E-state index contributed by atoms with van der Waals surface area (Å²) >= 11 is 0. The highest BCUT2D eigenvalue weighted by molar-refractivity contribution is 7.90. The van der Waals surface area contributed by atoms with Gasteiger partial charge in [-0.25, -0.2) is 13.1 Å². The van der Waals surface area contributed by atoms with E-state index < -0.39 is 56.6 Å². The van der Waals surface area contributed by atoms with E-state index in [1.807, 2.05) is 23.1 Å². The van der Waals surface area contributed by atoms with Crippen molar-refractivity contribution in [1.82, 2.24) is 19.1 Å². The van der Waals surface area contributed by atoms with Crippen LogP contribution in [0.15, 0.2) is 52.6 Å². The van der Waals surface area contributed by atoms with Crippen molar-refractivity contribution < 1.29 is 40.7 Å². The van der Waals surface area contributed by atoms with Gasteiger partial charge in [0, 0.05) is 60.6 Å². The largest absolute Gasteiger partial charge is 0.496 e. The quantitative estimate of drug-likeness (QED) is 0.394. The number of alkyl halides is 3. The lowest BCUT2D eigenvalue weighted by molar-refractivity contribution is -0.148. The highest BCUT2D eigenvalue weighted by Gasteiger charge is 2.67. The van der Waals surface area contributed by atoms with Gasteiger partial charge in [-0.2, -0.15) is 13.2 Å². The Morgan fingerprint density at radius 1 is 1.06 bits per heavy atom. The van der Waals surface area contributed by atoms with E-state index >= 15 is 4.79 Å². The Kier molecular flexibility index (Phi) is 8.31. The molecule has 9 rings (SSSR count). The highest BCUT2D eigenvalue weighted by atomic mass is 32.2. The molecule has 3 saturated heterocycles. The fourth-order valence-corrected chi connectivity index (χ4v) is 11.6. The number of allylic oxidation sites excluding steroid dienone is 4. The number of hydrogen-bond acceptors (Lipinski definition) is 7. The topological polar surface area (TPSA) is 110 Å². The summed E-state index contributed by atoms with van der Waals surface area (Å²) < 4.78 is 82.6. The van der Waals surface area contributed by atoms with E-state index in [4.69, 9.17) is 9.47 Å². The predicted octanol–water partition coefficient (Wildman–Crippen LogP) is 5.56. The molecule has 5 heterocycles. The van der Waals surface area contributed by atoms with Crippen molar-refractivity contribution in [2.75, 3.05) is 53.0 Å². The van der Waals surface area contributed by atoms with Crippen LogP contribution in [-0.2, 0) is 30.9 Å². The van der Waals surface area contributed by atoms with E-state index in [0.29, 0.717) is 56.3 Å². The number of nitrogens with one attached hydrogen (secondary N) is 1. The molecule has 2 unspecified atom stereocenters. The standard InChI is InChI=1S/C40H47F3N4O6S/c1-23(2)54(50,51)44-36(48)34-29-15-47-30(14-28-31(52-3)13-12-25(35(28)47)24-8-5-4-6-9-24)32-26(33(29)34)10-7-11-27(32)37(49)46-18-38-16-45(20-40(41,42)43)17-39(38,19-46)22-53-21-38/h7,10,12-14,23-24,27,32H,4-6,8-9,11,15-22H2,1-3H3,(H,44,48)/t27-,32-,38?,39?/m1/s1. The SMILES string of the molecule is COc1ccc(C2CCCCC2)c2c1cc1n2CC2=C(C(=O)NS(=O)(=O)C(C)C)C2=C2C=CC[C@@H](C(=O)N3CC45COCC4(CN(CC(F)(F)F)C5)C3)[C@@H]21. The smallest absolute Gasteiger partial charge is 0.401 e. The number of sulfonamides is 1. The zero-order valence-electron chi connectivity index (χ0n) is 30.9. The Bertz CT molecular complexity index is 2140. The van der Waals surface area contributed by atoms with E-state index in [2.05, 4.69) is 21.4 Å². The average molecular weight is 769 g/mol. The van der Waals surface area contributed by atoms with Crippen LogP contribution >= 0.6 is 0 Å². The number of ether oxygens (including phenoxy) is 2. The molecule has 0 bridgehead atoms. The van der Waals surface area contributed by atoms with Crippen molar-refractivity contribution >= 4 is 32.7 Å². The number of aromatic nitrogens is 1. The minimum Gasteiger partial charge on any atom is -0.496 e. The van der Waals surface area contributed by atoms with Gasteiger partial charge in [0.2, 0.25) is 15.9 Å². The van der Waals surface area contributed by atoms with Crippen LogP contribution in [0.4, 0.5) is 13.2 Å². The third-order valence-electron chi connectivity index (χ3n) is 13.5. The lowest BCUT2D eigenvalue weighted by Crippen LogP contribution is -2.44. The molecule has 4 fully saturated rings. The van der Waals surface area contributed by atoms with Gasteiger partial charge >= 0.3 is 6.18 Å². The summed E-state index contributed by atoms with van der Waals surface area (Å²) in [5, 5.41) is 0.145. The second kappa shape index (κ2) is 12.4. The van der Waals surface area contributed by atoms with Gasteiger partial charge in [0.25, 0.3) is 5.91 Å². The lowest BCUT2D eigenvalue weighted by atomic mass is 9.71. The Balaban J connectivity index is 1.14. The van der Waals surface area contributed by atoms with Crippen LogP contribution in [-0.4, -0.2) is 99.1 Å². The minimum atomic E-state index is -4.31. The third-order valence-corrected chi connectivity index (χ3v) is 15.2. The van der Waals surface area contributed by atoms with Crippen molar-refractivity contribution in [3.8, 4) is 5.75 Å². The first-order valence-corrected chi connectivity index (χ1v) is 20.8. The summed E-state index contributed by atoms with van der Waals surface area (Å²) in [6, 6.07) is 6.32. The zero-order valence-corrected chi connectivity index (χ0v) is 31.7. The van der Waals surface area contributed by atoms with Gasteiger partial charge in [0.05, 0.1) is 49.1 Å². The first-order chi connectivity index (χ1) is 25.7. The number of halogens is 3. The maximum atomic E-state index is 15.0. The molecule has 290 valence electrons. The molecular weight excluding hydrogens is 722 g/mol. The molecule has 14 heteroatoms. The number of carbonyl (C=O) groups excluding carboxylic acids is 2.